The van der Waals surface area contributed by atoms with Crippen LogP contribution in [0.2, 0.25) is 0 Å². The largest absolute Gasteiger partial charge is 0.384 e. The van der Waals surface area contributed by atoms with Gasteiger partial charge in [0, 0.05) is 37.3 Å². The lowest BCUT2D eigenvalue weighted by Gasteiger charge is -2.07. The molecule has 1 aromatic carbocycles. The fraction of sp³-hybridized carbons (Fsp3) is 0.429. The van der Waals surface area contributed by atoms with Gasteiger partial charge in [-0.2, -0.15) is 0 Å². The zero-order chi connectivity index (χ0) is 13.7. The maximum absolute atomic E-state index is 11.9. The van der Waals surface area contributed by atoms with Crippen LogP contribution < -0.4 is 16.0 Å². The SMILES string of the molecule is CCNC(=O)CCNC(=O)c1ccc2c(c1)NCC2. The monoisotopic (exact) mass is 261 g/mol. The molecule has 0 aromatic heterocycles. The highest BCUT2D eigenvalue weighted by atomic mass is 16.2. The van der Waals surface area contributed by atoms with Gasteiger partial charge < -0.3 is 16.0 Å². The second-order valence-corrected chi connectivity index (χ2v) is 4.51. The van der Waals surface area contributed by atoms with Crippen molar-refractivity contribution in [3.05, 3.63) is 29.3 Å². The topological polar surface area (TPSA) is 70.2 Å². The van der Waals surface area contributed by atoms with E-state index in [1.807, 2.05) is 25.1 Å². The van der Waals surface area contributed by atoms with Crippen LogP contribution in [0.5, 0.6) is 0 Å². The number of anilines is 1. The van der Waals surface area contributed by atoms with Crippen LogP contribution in [0.1, 0.15) is 29.3 Å². The van der Waals surface area contributed by atoms with E-state index in [1.165, 1.54) is 5.56 Å². The van der Waals surface area contributed by atoms with Crippen molar-refractivity contribution in [3.63, 3.8) is 0 Å². The fourth-order valence-corrected chi connectivity index (χ4v) is 2.11. The van der Waals surface area contributed by atoms with Crippen molar-refractivity contribution in [1.82, 2.24) is 10.6 Å². The molecule has 0 radical (unpaired) electrons. The lowest BCUT2D eigenvalue weighted by Crippen LogP contribution is -2.30. The number of nitrogens with one attached hydrogen (secondary N) is 3. The fourth-order valence-electron chi connectivity index (χ4n) is 2.11. The second-order valence-electron chi connectivity index (χ2n) is 4.51. The van der Waals surface area contributed by atoms with Gasteiger partial charge in [0.1, 0.15) is 0 Å². The van der Waals surface area contributed by atoms with E-state index >= 15 is 0 Å². The third-order valence-corrected chi connectivity index (χ3v) is 3.09. The number of benzene rings is 1. The lowest BCUT2D eigenvalue weighted by molar-refractivity contribution is -0.120. The van der Waals surface area contributed by atoms with Crippen molar-refractivity contribution < 1.29 is 9.59 Å². The normalized spacial score (nSPS) is 12.5. The molecule has 0 spiro atoms. The molecule has 0 bridgehead atoms. The molecule has 19 heavy (non-hydrogen) atoms. The van der Waals surface area contributed by atoms with E-state index in [0.29, 0.717) is 25.1 Å². The van der Waals surface area contributed by atoms with E-state index in [-0.39, 0.29) is 11.8 Å². The number of hydrogen-bond donors (Lipinski definition) is 3. The van der Waals surface area contributed by atoms with Gasteiger partial charge in [0.15, 0.2) is 0 Å². The molecule has 3 N–H and O–H groups in total. The molecule has 2 rings (SSSR count). The van der Waals surface area contributed by atoms with Gasteiger partial charge in [0.2, 0.25) is 5.91 Å². The number of carbonyl (C=O) groups excluding carboxylic acids is 2. The van der Waals surface area contributed by atoms with E-state index in [9.17, 15) is 9.59 Å². The highest BCUT2D eigenvalue weighted by molar-refractivity contribution is 5.95. The third kappa shape index (κ3) is 3.47. The standard InChI is InChI=1S/C14H19N3O2/c1-2-15-13(18)6-8-17-14(19)11-4-3-10-5-7-16-12(10)9-11/h3-4,9,16H,2,5-8H2,1H3,(H,15,18)(H,17,19). The van der Waals surface area contributed by atoms with E-state index in [4.69, 9.17) is 0 Å². The number of carbonyl (C=O) groups is 2. The van der Waals surface area contributed by atoms with E-state index in [1.54, 1.807) is 0 Å². The van der Waals surface area contributed by atoms with Crippen molar-refractivity contribution in [3.8, 4) is 0 Å². The molecule has 2 amide bonds. The van der Waals surface area contributed by atoms with E-state index in [0.717, 1.165) is 18.7 Å². The first-order valence-corrected chi connectivity index (χ1v) is 6.62. The summed E-state index contributed by atoms with van der Waals surface area (Å²) in [5.74, 6) is -0.181. The molecule has 0 unspecified atom stereocenters. The Morgan fingerprint density at radius 1 is 1.32 bits per heavy atom. The Morgan fingerprint density at radius 3 is 2.95 bits per heavy atom. The van der Waals surface area contributed by atoms with Crippen LogP contribution in [0.15, 0.2) is 18.2 Å². The Kier molecular flexibility index (Phi) is 4.39. The average molecular weight is 261 g/mol. The Bertz CT molecular complexity index is 486. The van der Waals surface area contributed by atoms with Gasteiger partial charge in [-0.1, -0.05) is 6.07 Å². The van der Waals surface area contributed by atoms with Crippen LogP contribution in [0.3, 0.4) is 0 Å². The highest BCUT2D eigenvalue weighted by Gasteiger charge is 2.13. The summed E-state index contributed by atoms with van der Waals surface area (Å²) in [6.45, 7) is 3.77. The van der Waals surface area contributed by atoms with Crippen molar-refractivity contribution >= 4 is 17.5 Å². The minimum Gasteiger partial charge on any atom is -0.384 e. The van der Waals surface area contributed by atoms with E-state index in [2.05, 4.69) is 16.0 Å². The summed E-state index contributed by atoms with van der Waals surface area (Å²) in [4.78, 5) is 23.2. The second kappa shape index (κ2) is 6.22. The first-order valence-electron chi connectivity index (χ1n) is 6.62. The Hall–Kier alpha value is -2.04. The van der Waals surface area contributed by atoms with Gasteiger partial charge in [-0.15, -0.1) is 0 Å². The molecule has 5 nitrogen and oxygen atoms in total. The quantitative estimate of drug-likeness (QED) is 0.738. The molecule has 1 heterocycles. The van der Waals surface area contributed by atoms with Crippen LogP contribution in [0, 0.1) is 0 Å². The Balaban J connectivity index is 1.85. The first-order chi connectivity index (χ1) is 9.20. The van der Waals surface area contributed by atoms with Crippen LogP contribution in [-0.2, 0) is 11.2 Å². The molecule has 0 aliphatic carbocycles. The van der Waals surface area contributed by atoms with Gasteiger partial charge in [-0.05, 0) is 31.0 Å². The summed E-state index contributed by atoms with van der Waals surface area (Å²) in [6, 6.07) is 5.67. The number of amides is 2. The predicted molar refractivity (Wildman–Crippen MR) is 74.3 cm³/mol. The van der Waals surface area contributed by atoms with Crippen LogP contribution in [-0.4, -0.2) is 31.4 Å². The van der Waals surface area contributed by atoms with Gasteiger partial charge in [0.05, 0.1) is 0 Å². The number of fused-ring (bicyclic) bond motifs is 1. The molecule has 0 saturated heterocycles. The Labute approximate surface area is 112 Å². The predicted octanol–water partition coefficient (Wildman–Crippen LogP) is 0.911. The van der Waals surface area contributed by atoms with Crippen LogP contribution >= 0.6 is 0 Å². The first kappa shape index (κ1) is 13.4. The summed E-state index contributed by atoms with van der Waals surface area (Å²) in [6.07, 6.45) is 1.32. The summed E-state index contributed by atoms with van der Waals surface area (Å²) in [7, 11) is 0. The lowest BCUT2D eigenvalue weighted by atomic mass is 10.1. The molecule has 0 saturated carbocycles. The zero-order valence-electron chi connectivity index (χ0n) is 11.1. The number of rotatable bonds is 5. The maximum atomic E-state index is 11.9. The van der Waals surface area contributed by atoms with Crippen molar-refractivity contribution in [1.29, 1.82) is 0 Å². The van der Waals surface area contributed by atoms with Gasteiger partial charge >= 0.3 is 0 Å². The molecule has 0 atom stereocenters. The minimum atomic E-state index is -0.138. The maximum Gasteiger partial charge on any atom is 0.251 e. The summed E-state index contributed by atoms with van der Waals surface area (Å²) >= 11 is 0. The molecular formula is C14H19N3O2. The summed E-state index contributed by atoms with van der Waals surface area (Å²) in [5, 5.41) is 8.69. The molecular weight excluding hydrogens is 242 g/mol. The van der Waals surface area contributed by atoms with Crippen molar-refractivity contribution in [2.75, 3.05) is 25.0 Å². The van der Waals surface area contributed by atoms with Gasteiger partial charge in [-0.25, -0.2) is 0 Å². The third-order valence-electron chi connectivity index (χ3n) is 3.09. The molecule has 1 aliphatic rings. The molecule has 0 fully saturated rings. The summed E-state index contributed by atoms with van der Waals surface area (Å²) < 4.78 is 0. The van der Waals surface area contributed by atoms with Crippen molar-refractivity contribution in [2.45, 2.75) is 19.8 Å². The molecule has 1 aliphatic heterocycles. The average Bonchev–Trinajstić information content (AvgIpc) is 2.86. The molecule has 102 valence electrons. The number of hydrogen-bond acceptors (Lipinski definition) is 3. The van der Waals surface area contributed by atoms with E-state index < -0.39 is 0 Å². The minimum absolute atomic E-state index is 0.0431. The summed E-state index contributed by atoms with van der Waals surface area (Å²) in [5.41, 5.74) is 2.92. The van der Waals surface area contributed by atoms with Gasteiger partial charge in [0.25, 0.3) is 5.91 Å². The van der Waals surface area contributed by atoms with Crippen LogP contribution in [0.4, 0.5) is 5.69 Å². The van der Waals surface area contributed by atoms with Crippen LogP contribution in [0.25, 0.3) is 0 Å². The Morgan fingerprint density at radius 2 is 2.16 bits per heavy atom. The smallest absolute Gasteiger partial charge is 0.251 e. The molecule has 1 aromatic rings. The zero-order valence-corrected chi connectivity index (χ0v) is 11.1. The highest BCUT2D eigenvalue weighted by Crippen LogP contribution is 2.22. The molecule has 5 heteroatoms. The van der Waals surface area contributed by atoms with Crippen molar-refractivity contribution in [2.24, 2.45) is 0 Å². The van der Waals surface area contributed by atoms with Gasteiger partial charge in [-0.3, -0.25) is 9.59 Å².